The number of rotatable bonds is 3. The standard InChI is InChI=1S/C17H23N3O3/c1-18-8-3-9-19(11-10-18)15-12-16(21)20(17(15)22)13-4-6-14(23-2)7-5-13/h4-7,15H,3,8-12H2,1-2H3/p+2/t15-/m1/s1. The number of amides is 2. The van der Waals surface area contributed by atoms with Gasteiger partial charge in [0.2, 0.25) is 5.91 Å². The largest absolute Gasteiger partial charge is 0.497 e. The van der Waals surface area contributed by atoms with Crippen LogP contribution in [0.25, 0.3) is 0 Å². The number of hydrogen-bond donors (Lipinski definition) is 2. The second-order valence-corrected chi connectivity index (χ2v) is 6.49. The third-order valence-corrected chi connectivity index (χ3v) is 4.94. The molecule has 2 aliphatic rings. The molecule has 0 spiro atoms. The number of carbonyl (C=O) groups is 2. The van der Waals surface area contributed by atoms with E-state index in [2.05, 4.69) is 7.05 Å². The number of anilines is 1. The van der Waals surface area contributed by atoms with Gasteiger partial charge in [0.1, 0.15) is 18.8 Å². The minimum absolute atomic E-state index is 0.0604. The average Bonchev–Trinajstić information content (AvgIpc) is 2.72. The maximum Gasteiger partial charge on any atom is 0.292 e. The van der Waals surface area contributed by atoms with Gasteiger partial charge in [-0.15, -0.1) is 0 Å². The molecule has 2 N–H and O–H groups in total. The van der Waals surface area contributed by atoms with E-state index in [-0.39, 0.29) is 17.9 Å². The first-order valence-corrected chi connectivity index (χ1v) is 8.27. The fraction of sp³-hybridized carbons (Fsp3) is 0.529. The monoisotopic (exact) mass is 319 g/mol. The van der Waals surface area contributed by atoms with E-state index in [0.29, 0.717) is 17.9 Å². The van der Waals surface area contributed by atoms with Crippen molar-refractivity contribution in [2.24, 2.45) is 0 Å². The molecule has 2 heterocycles. The smallest absolute Gasteiger partial charge is 0.292 e. The first-order valence-electron chi connectivity index (χ1n) is 8.27. The Hall–Kier alpha value is -1.92. The van der Waals surface area contributed by atoms with E-state index < -0.39 is 0 Å². The van der Waals surface area contributed by atoms with Crippen LogP contribution in [0.2, 0.25) is 0 Å². The predicted molar refractivity (Wildman–Crippen MR) is 85.8 cm³/mol. The number of hydrogen-bond acceptors (Lipinski definition) is 3. The summed E-state index contributed by atoms with van der Waals surface area (Å²) in [5.41, 5.74) is 0.639. The summed E-state index contributed by atoms with van der Waals surface area (Å²) in [6.07, 6.45) is 1.42. The Kier molecular flexibility index (Phi) is 4.63. The minimum Gasteiger partial charge on any atom is -0.497 e. The molecule has 124 valence electrons. The molecule has 0 aromatic heterocycles. The summed E-state index contributed by atoms with van der Waals surface area (Å²) < 4.78 is 5.13. The van der Waals surface area contributed by atoms with Crippen molar-refractivity contribution in [2.45, 2.75) is 18.9 Å². The molecule has 1 aromatic carbocycles. The minimum atomic E-state index is -0.226. The van der Waals surface area contributed by atoms with Gasteiger partial charge in [0, 0.05) is 6.42 Å². The summed E-state index contributed by atoms with van der Waals surface area (Å²) in [7, 11) is 3.78. The molecule has 3 atom stereocenters. The van der Waals surface area contributed by atoms with E-state index in [9.17, 15) is 9.59 Å². The van der Waals surface area contributed by atoms with E-state index in [4.69, 9.17) is 4.74 Å². The second-order valence-electron chi connectivity index (χ2n) is 6.49. The zero-order valence-electron chi connectivity index (χ0n) is 13.8. The molecule has 23 heavy (non-hydrogen) atoms. The van der Waals surface area contributed by atoms with Gasteiger partial charge in [-0.3, -0.25) is 9.59 Å². The molecule has 2 aliphatic heterocycles. The number of methoxy groups -OCH3 is 1. The topological polar surface area (TPSA) is 55.5 Å². The van der Waals surface area contributed by atoms with Gasteiger partial charge in [-0.1, -0.05) is 0 Å². The third kappa shape index (κ3) is 3.23. The van der Waals surface area contributed by atoms with Crippen LogP contribution in [0.5, 0.6) is 5.75 Å². The number of ether oxygens (including phenoxy) is 1. The van der Waals surface area contributed by atoms with Gasteiger partial charge in [0.15, 0.2) is 6.04 Å². The summed E-state index contributed by atoms with van der Waals surface area (Å²) in [4.78, 5) is 29.3. The number of nitrogens with zero attached hydrogens (tertiary/aromatic N) is 1. The molecule has 0 saturated carbocycles. The second kappa shape index (κ2) is 6.68. The molecule has 0 aliphatic carbocycles. The zero-order valence-corrected chi connectivity index (χ0v) is 13.8. The zero-order chi connectivity index (χ0) is 16.4. The Bertz CT molecular complexity index is 587. The highest BCUT2D eigenvalue weighted by Gasteiger charge is 2.46. The van der Waals surface area contributed by atoms with Crippen molar-refractivity contribution in [3.05, 3.63) is 24.3 Å². The maximum atomic E-state index is 12.8. The van der Waals surface area contributed by atoms with E-state index >= 15 is 0 Å². The number of likely N-dealkylation sites (N-methyl/N-ethyl adjacent to an activating group) is 1. The van der Waals surface area contributed by atoms with Crippen molar-refractivity contribution in [1.29, 1.82) is 0 Å². The van der Waals surface area contributed by atoms with Crippen molar-refractivity contribution >= 4 is 17.5 Å². The van der Waals surface area contributed by atoms with Crippen molar-refractivity contribution in [1.82, 2.24) is 0 Å². The van der Waals surface area contributed by atoms with E-state index in [1.807, 2.05) is 0 Å². The molecule has 2 saturated heterocycles. The van der Waals surface area contributed by atoms with Crippen molar-refractivity contribution in [3.8, 4) is 5.75 Å². The highest BCUT2D eigenvalue weighted by molar-refractivity contribution is 6.21. The summed E-state index contributed by atoms with van der Waals surface area (Å²) in [5, 5.41) is 0. The summed E-state index contributed by atoms with van der Waals surface area (Å²) in [6, 6.07) is 6.87. The highest BCUT2D eigenvalue weighted by atomic mass is 16.5. The lowest BCUT2D eigenvalue weighted by molar-refractivity contribution is -0.939. The Labute approximate surface area is 136 Å². The third-order valence-electron chi connectivity index (χ3n) is 4.94. The van der Waals surface area contributed by atoms with Gasteiger partial charge in [0.25, 0.3) is 5.91 Å². The molecule has 0 bridgehead atoms. The van der Waals surface area contributed by atoms with Gasteiger partial charge in [0.05, 0.1) is 39.4 Å². The van der Waals surface area contributed by atoms with Gasteiger partial charge < -0.3 is 14.5 Å². The summed E-state index contributed by atoms with van der Waals surface area (Å²) in [6.45, 7) is 4.11. The first kappa shape index (κ1) is 16.0. The van der Waals surface area contributed by atoms with Crippen LogP contribution in [0, 0.1) is 0 Å². The van der Waals surface area contributed by atoms with Crippen LogP contribution in [-0.2, 0) is 9.59 Å². The van der Waals surface area contributed by atoms with Crippen LogP contribution in [0.4, 0.5) is 5.69 Å². The Morgan fingerprint density at radius 3 is 2.52 bits per heavy atom. The van der Waals surface area contributed by atoms with E-state index in [0.717, 1.165) is 32.6 Å². The Morgan fingerprint density at radius 1 is 1.09 bits per heavy atom. The van der Waals surface area contributed by atoms with E-state index in [1.54, 1.807) is 31.4 Å². The fourth-order valence-electron chi connectivity index (χ4n) is 3.54. The summed E-state index contributed by atoms with van der Waals surface area (Å²) >= 11 is 0. The van der Waals surface area contributed by atoms with E-state index in [1.165, 1.54) is 14.7 Å². The first-order chi connectivity index (χ1) is 11.1. The maximum absolute atomic E-state index is 12.8. The van der Waals surface area contributed by atoms with Gasteiger partial charge in [-0.2, -0.15) is 0 Å². The number of quaternary nitrogens is 2. The van der Waals surface area contributed by atoms with Crippen LogP contribution in [0.1, 0.15) is 12.8 Å². The lowest BCUT2D eigenvalue weighted by atomic mass is 10.2. The van der Waals surface area contributed by atoms with Gasteiger partial charge in [-0.25, -0.2) is 4.90 Å². The number of carbonyl (C=O) groups excluding carboxylic acids is 2. The quantitative estimate of drug-likeness (QED) is 0.642. The Balaban J connectivity index is 1.76. The number of imide groups is 1. The molecule has 0 radical (unpaired) electrons. The lowest BCUT2D eigenvalue weighted by Crippen LogP contribution is -3.19. The van der Waals surface area contributed by atoms with Crippen molar-refractivity contribution < 1.29 is 24.1 Å². The molecule has 3 rings (SSSR count). The molecule has 2 fully saturated rings. The lowest BCUT2D eigenvalue weighted by Gasteiger charge is -2.22. The van der Waals surface area contributed by atoms with Crippen LogP contribution in [0.3, 0.4) is 0 Å². The summed E-state index contributed by atoms with van der Waals surface area (Å²) in [5.74, 6) is 0.561. The van der Waals surface area contributed by atoms with Gasteiger partial charge >= 0.3 is 0 Å². The highest BCUT2D eigenvalue weighted by Crippen LogP contribution is 2.24. The fourth-order valence-corrected chi connectivity index (χ4v) is 3.54. The SMILES string of the molecule is COc1ccc(N2C(=O)C[C@@H]([NH+]3CCC[NH+](C)CC3)C2=O)cc1. The molecule has 6 nitrogen and oxygen atoms in total. The molecular formula is C17H25N3O3+2. The normalized spacial score (nSPS) is 28.8. The molecule has 2 amide bonds. The van der Waals surface area contributed by atoms with Crippen LogP contribution in [-0.4, -0.2) is 58.2 Å². The van der Waals surface area contributed by atoms with Crippen molar-refractivity contribution in [3.63, 3.8) is 0 Å². The number of nitrogens with one attached hydrogen (secondary N) is 2. The molecule has 2 unspecified atom stereocenters. The molecular weight excluding hydrogens is 294 g/mol. The van der Waals surface area contributed by atoms with Crippen molar-refractivity contribution in [2.75, 3.05) is 45.2 Å². The molecule has 6 heteroatoms. The number of benzene rings is 1. The van der Waals surface area contributed by atoms with Crippen LogP contribution in [0.15, 0.2) is 24.3 Å². The van der Waals surface area contributed by atoms with Gasteiger partial charge in [-0.05, 0) is 24.3 Å². The molecule has 1 aromatic rings. The predicted octanol–water partition coefficient (Wildman–Crippen LogP) is -1.87. The van der Waals surface area contributed by atoms with Crippen LogP contribution >= 0.6 is 0 Å². The average molecular weight is 319 g/mol. The van der Waals surface area contributed by atoms with Crippen LogP contribution < -0.4 is 19.4 Å². The Morgan fingerprint density at radius 2 is 1.83 bits per heavy atom.